The zero-order valence-electron chi connectivity index (χ0n) is 10.9. The Kier molecular flexibility index (Phi) is 4.14. The molecule has 19 heavy (non-hydrogen) atoms. The summed E-state index contributed by atoms with van der Waals surface area (Å²) in [5, 5.41) is 6.10. The maximum absolute atomic E-state index is 13.5. The molecular formula is C14H18F2N2O. The van der Waals surface area contributed by atoms with Gasteiger partial charge in [0, 0.05) is 11.1 Å². The fourth-order valence-electron chi connectivity index (χ4n) is 2.35. The highest BCUT2D eigenvalue weighted by atomic mass is 19.1. The predicted molar refractivity (Wildman–Crippen MR) is 68.7 cm³/mol. The monoisotopic (exact) mass is 268 g/mol. The van der Waals surface area contributed by atoms with Gasteiger partial charge in [-0.1, -0.05) is 6.07 Å². The van der Waals surface area contributed by atoms with Crippen LogP contribution < -0.4 is 10.6 Å². The molecule has 0 atom stereocenters. The first-order chi connectivity index (χ1) is 9.00. The number of hydrogen-bond donors (Lipinski definition) is 2. The third-order valence-corrected chi connectivity index (χ3v) is 3.55. The Bertz CT molecular complexity index is 450. The fourth-order valence-corrected chi connectivity index (χ4v) is 2.35. The Morgan fingerprint density at radius 2 is 1.89 bits per heavy atom. The first-order valence-corrected chi connectivity index (χ1v) is 6.45. The molecule has 1 aliphatic rings. The first-order valence-electron chi connectivity index (χ1n) is 6.45. The van der Waals surface area contributed by atoms with E-state index < -0.39 is 11.6 Å². The topological polar surface area (TPSA) is 41.1 Å². The lowest BCUT2D eigenvalue weighted by molar-refractivity contribution is -0.122. The number of carbonyl (C=O) groups is 1. The third-order valence-electron chi connectivity index (χ3n) is 3.55. The summed E-state index contributed by atoms with van der Waals surface area (Å²) in [6.07, 6.45) is 1.37. The van der Waals surface area contributed by atoms with E-state index in [-0.39, 0.29) is 23.4 Å². The summed E-state index contributed by atoms with van der Waals surface area (Å²) in [4.78, 5) is 11.9. The van der Waals surface area contributed by atoms with E-state index in [2.05, 4.69) is 10.6 Å². The molecule has 1 aromatic carbocycles. The van der Waals surface area contributed by atoms with Crippen LogP contribution in [0.3, 0.4) is 0 Å². The molecule has 1 amide bonds. The van der Waals surface area contributed by atoms with Crippen LogP contribution in [0.4, 0.5) is 8.78 Å². The minimum absolute atomic E-state index is 0.169. The van der Waals surface area contributed by atoms with Crippen LogP contribution in [-0.2, 0) is 11.2 Å². The highest BCUT2D eigenvalue weighted by Gasteiger charge is 2.28. The number of piperidine rings is 1. The van der Waals surface area contributed by atoms with Crippen molar-refractivity contribution >= 4 is 5.91 Å². The molecule has 104 valence electrons. The molecule has 0 spiro atoms. The molecule has 2 N–H and O–H groups in total. The second-order valence-corrected chi connectivity index (χ2v) is 5.24. The minimum atomic E-state index is -0.675. The van der Waals surface area contributed by atoms with Gasteiger partial charge in [-0.25, -0.2) is 8.78 Å². The largest absolute Gasteiger partial charge is 0.351 e. The van der Waals surface area contributed by atoms with Crippen LogP contribution in [0, 0.1) is 11.6 Å². The first kappa shape index (κ1) is 13.9. The highest BCUT2D eigenvalue weighted by Crippen LogP contribution is 2.18. The second kappa shape index (κ2) is 5.65. The van der Waals surface area contributed by atoms with Gasteiger partial charge >= 0.3 is 0 Å². The molecule has 0 bridgehead atoms. The van der Waals surface area contributed by atoms with E-state index in [9.17, 15) is 13.6 Å². The van der Waals surface area contributed by atoms with Crippen molar-refractivity contribution in [2.45, 2.75) is 31.7 Å². The van der Waals surface area contributed by atoms with Gasteiger partial charge in [0.15, 0.2) is 0 Å². The zero-order chi connectivity index (χ0) is 13.9. The molecule has 0 aliphatic carbocycles. The van der Waals surface area contributed by atoms with Crippen LogP contribution in [-0.4, -0.2) is 24.5 Å². The van der Waals surface area contributed by atoms with Crippen LogP contribution >= 0.6 is 0 Å². The normalized spacial score (nSPS) is 18.1. The molecule has 0 radical (unpaired) electrons. The van der Waals surface area contributed by atoms with Gasteiger partial charge in [-0.05, 0) is 45.0 Å². The Labute approximate surface area is 111 Å². The molecule has 1 fully saturated rings. The number of hydrogen-bond acceptors (Lipinski definition) is 2. The van der Waals surface area contributed by atoms with Gasteiger partial charge in [0.05, 0.1) is 6.42 Å². The molecule has 1 heterocycles. The summed E-state index contributed by atoms with van der Waals surface area (Å²) in [6, 6.07) is 3.62. The summed E-state index contributed by atoms with van der Waals surface area (Å²) in [7, 11) is 0. The molecule has 1 aromatic rings. The Morgan fingerprint density at radius 1 is 1.32 bits per heavy atom. The lowest BCUT2D eigenvalue weighted by Crippen LogP contribution is -2.52. The average molecular weight is 268 g/mol. The summed E-state index contributed by atoms with van der Waals surface area (Å²) >= 11 is 0. The number of nitrogens with one attached hydrogen (secondary N) is 2. The van der Waals surface area contributed by atoms with Crippen LogP contribution in [0.1, 0.15) is 25.3 Å². The third kappa shape index (κ3) is 3.50. The van der Waals surface area contributed by atoms with Gasteiger partial charge in [0.1, 0.15) is 11.6 Å². The molecule has 5 heteroatoms. The van der Waals surface area contributed by atoms with Crippen LogP contribution in [0.2, 0.25) is 0 Å². The van der Waals surface area contributed by atoms with Gasteiger partial charge in [0.25, 0.3) is 0 Å². The summed E-state index contributed by atoms with van der Waals surface area (Å²) in [6.45, 7) is 3.64. The van der Waals surface area contributed by atoms with Crippen LogP contribution in [0.5, 0.6) is 0 Å². The van der Waals surface area contributed by atoms with Crippen molar-refractivity contribution in [2.24, 2.45) is 0 Å². The van der Waals surface area contributed by atoms with E-state index in [1.54, 1.807) is 0 Å². The van der Waals surface area contributed by atoms with Crippen molar-refractivity contribution in [1.29, 1.82) is 0 Å². The molecular weight excluding hydrogens is 250 g/mol. The van der Waals surface area contributed by atoms with Crippen LogP contribution in [0.25, 0.3) is 0 Å². The van der Waals surface area contributed by atoms with Crippen molar-refractivity contribution in [2.75, 3.05) is 13.1 Å². The van der Waals surface area contributed by atoms with Gasteiger partial charge < -0.3 is 10.6 Å². The quantitative estimate of drug-likeness (QED) is 0.877. The molecule has 2 rings (SSSR count). The van der Waals surface area contributed by atoms with Gasteiger partial charge in [-0.15, -0.1) is 0 Å². The molecule has 1 saturated heterocycles. The molecule has 1 aliphatic heterocycles. The summed E-state index contributed by atoms with van der Waals surface area (Å²) in [5.41, 5.74) is -0.457. The van der Waals surface area contributed by atoms with Crippen molar-refractivity contribution in [3.63, 3.8) is 0 Å². The molecule has 0 aromatic heterocycles. The van der Waals surface area contributed by atoms with E-state index in [0.717, 1.165) is 38.1 Å². The van der Waals surface area contributed by atoms with Crippen molar-refractivity contribution in [3.05, 3.63) is 35.4 Å². The van der Waals surface area contributed by atoms with Crippen molar-refractivity contribution < 1.29 is 13.6 Å². The predicted octanol–water partition coefficient (Wildman–Crippen LogP) is 1.77. The summed E-state index contributed by atoms with van der Waals surface area (Å²) in [5.74, 6) is -1.69. The Hall–Kier alpha value is -1.49. The summed E-state index contributed by atoms with van der Waals surface area (Å²) < 4.78 is 26.9. The number of amides is 1. The average Bonchev–Trinajstić information content (AvgIpc) is 2.34. The standard InChI is InChI=1S/C14H18F2N2O/c1-14(5-7-17-8-6-14)18-13(19)9-10-11(15)3-2-4-12(10)16/h2-4,17H,5-9H2,1H3,(H,18,19). The number of halogens is 2. The Morgan fingerprint density at radius 3 is 2.47 bits per heavy atom. The lowest BCUT2D eigenvalue weighted by Gasteiger charge is -2.35. The van der Waals surface area contributed by atoms with Gasteiger partial charge in [0.2, 0.25) is 5.91 Å². The maximum Gasteiger partial charge on any atom is 0.225 e. The minimum Gasteiger partial charge on any atom is -0.351 e. The number of rotatable bonds is 3. The Balaban J connectivity index is 2.01. The number of benzene rings is 1. The van der Waals surface area contributed by atoms with Crippen LogP contribution in [0.15, 0.2) is 18.2 Å². The van der Waals surface area contributed by atoms with E-state index in [1.807, 2.05) is 6.92 Å². The van der Waals surface area contributed by atoms with Crippen molar-refractivity contribution in [1.82, 2.24) is 10.6 Å². The van der Waals surface area contributed by atoms with Gasteiger partial charge in [-0.2, -0.15) is 0 Å². The van der Waals surface area contributed by atoms with E-state index in [4.69, 9.17) is 0 Å². The smallest absolute Gasteiger partial charge is 0.225 e. The molecule has 0 unspecified atom stereocenters. The SMILES string of the molecule is CC1(NC(=O)Cc2c(F)cccc2F)CCNCC1. The molecule has 0 saturated carbocycles. The second-order valence-electron chi connectivity index (χ2n) is 5.24. The zero-order valence-corrected chi connectivity index (χ0v) is 10.9. The highest BCUT2D eigenvalue weighted by molar-refractivity contribution is 5.79. The van der Waals surface area contributed by atoms with E-state index >= 15 is 0 Å². The molecule has 3 nitrogen and oxygen atoms in total. The fraction of sp³-hybridized carbons (Fsp3) is 0.500. The number of carbonyl (C=O) groups excluding carboxylic acids is 1. The van der Waals surface area contributed by atoms with Crippen molar-refractivity contribution in [3.8, 4) is 0 Å². The lowest BCUT2D eigenvalue weighted by atomic mass is 9.90. The van der Waals surface area contributed by atoms with Gasteiger partial charge in [-0.3, -0.25) is 4.79 Å². The van der Waals surface area contributed by atoms with E-state index in [0.29, 0.717) is 0 Å². The van der Waals surface area contributed by atoms with E-state index in [1.165, 1.54) is 6.07 Å². The maximum atomic E-state index is 13.5.